The van der Waals surface area contributed by atoms with Crippen molar-refractivity contribution in [3.8, 4) is 5.75 Å². The van der Waals surface area contributed by atoms with Crippen LogP contribution in [0.4, 0.5) is 0 Å². The van der Waals surface area contributed by atoms with Gasteiger partial charge in [-0.05, 0) is 43.0 Å². The zero-order valence-electron chi connectivity index (χ0n) is 11.8. The number of benzene rings is 1. The van der Waals surface area contributed by atoms with Gasteiger partial charge in [0.2, 0.25) is 5.91 Å². The highest BCUT2D eigenvalue weighted by Gasteiger charge is 2.07. The number of rotatable bonds is 6. The summed E-state index contributed by atoms with van der Waals surface area (Å²) in [4.78, 5) is 11.6. The van der Waals surface area contributed by atoms with Crippen molar-refractivity contribution in [1.29, 1.82) is 0 Å². The summed E-state index contributed by atoms with van der Waals surface area (Å²) in [7, 11) is 1.67. The predicted octanol–water partition coefficient (Wildman–Crippen LogP) is 3.12. The van der Waals surface area contributed by atoms with Crippen molar-refractivity contribution < 1.29 is 9.53 Å². The lowest BCUT2D eigenvalue weighted by molar-refractivity contribution is -0.121. The Hall–Kier alpha value is -1.51. The topological polar surface area (TPSA) is 38.3 Å². The van der Waals surface area contributed by atoms with Crippen LogP contribution in [0.15, 0.2) is 12.1 Å². The minimum Gasteiger partial charge on any atom is -0.496 e. The maximum atomic E-state index is 11.6. The molecule has 100 valence electrons. The molecular weight excluding hydrogens is 226 g/mol. The Morgan fingerprint density at radius 3 is 2.61 bits per heavy atom. The molecule has 0 bridgehead atoms. The van der Waals surface area contributed by atoms with Crippen LogP contribution >= 0.6 is 0 Å². The van der Waals surface area contributed by atoms with Crippen LogP contribution in [0, 0.1) is 13.8 Å². The molecule has 0 aromatic heterocycles. The number of amides is 1. The summed E-state index contributed by atoms with van der Waals surface area (Å²) in [5.41, 5.74) is 3.47. The smallest absolute Gasteiger partial charge is 0.220 e. The molecule has 0 saturated heterocycles. The lowest BCUT2D eigenvalue weighted by Crippen LogP contribution is -2.22. The number of unbranched alkanes of at least 4 members (excludes halogenated alkanes) is 1. The number of nitrogens with one attached hydrogen (secondary N) is 1. The second kappa shape index (κ2) is 7.04. The molecule has 1 rings (SSSR count). The maximum Gasteiger partial charge on any atom is 0.220 e. The second-order valence-electron chi connectivity index (χ2n) is 4.56. The van der Waals surface area contributed by atoms with Crippen LogP contribution in [0.5, 0.6) is 5.75 Å². The third kappa shape index (κ3) is 3.76. The zero-order chi connectivity index (χ0) is 13.5. The van der Waals surface area contributed by atoms with Crippen LogP contribution in [-0.4, -0.2) is 13.0 Å². The second-order valence-corrected chi connectivity index (χ2v) is 4.56. The maximum absolute atomic E-state index is 11.6. The van der Waals surface area contributed by atoms with Gasteiger partial charge in [0.05, 0.1) is 7.11 Å². The first kappa shape index (κ1) is 14.6. The van der Waals surface area contributed by atoms with Crippen molar-refractivity contribution in [2.45, 2.75) is 46.6 Å². The van der Waals surface area contributed by atoms with Crippen LogP contribution < -0.4 is 10.1 Å². The Kier molecular flexibility index (Phi) is 5.69. The van der Waals surface area contributed by atoms with E-state index in [0.29, 0.717) is 13.0 Å². The first-order chi connectivity index (χ1) is 8.60. The molecule has 0 radical (unpaired) electrons. The van der Waals surface area contributed by atoms with E-state index in [-0.39, 0.29) is 5.91 Å². The van der Waals surface area contributed by atoms with Gasteiger partial charge in [0.1, 0.15) is 5.75 Å². The van der Waals surface area contributed by atoms with E-state index in [4.69, 9.17) is 4.74 Å². The van der Waals surface area contributed by atoms with Gasteiger partial charge in [0.25, 0.3) is 0 Å². The predicted molar refractivity (Wildman–Crippen MR) is 73.8 cm³/mol. The lowest BCUT2D eigenvalue weighted by atomic mass is 10.0. The molecule has 0 unspecified atom stereocenters. The van der Waals surface area contributed by atoms with Gasteiger partial charge < -0.3 is 10.1 Å². The van der Waals surface area contributed by atoms with Crippen molar-refractivity contribution in [3.05, 3.63) is 28.8 Å². The van der Waals surface area contributed by atoms with E-state index in [0.717, 1.165) is 29.7 Å². The van der Waals surface area contributed by atoms with E-state index >= 15 is 0 Å². The average molecular weight is 249 g/mol. The highest BCUT2D eigenvalue weighted by molar-refractivity contribution is 5.75. The van der Waals surface area contributed by atoms with Gasteiger partial charge in [-0.2, -0.15) is 0 Å². The van der Waals surface area contributed by atoms with E-state index in [9.17, 15) is 4.79 Å². The minimum atomic E-state index is 0.129. The number of carbonyl (C=O) groups is 1. The molecule has 3 nitrogen and oxygen atoms in total. The Morgan fingerprint density at radius 2 is 2.00 bits per heavy atom. The van der Waals surface area contributed by atoms with Gasteiger partial charge in [-0.15, -0.1) is 0 Å². The summed E-state index contributed by atoms with van der Waals surface area (Å²) in [6, 6.07) is 3.97. The third-order valence-electron chi connectivity index (χ3n) is 3.30. The molecule has 1 aromatic carbocycles. The molecule has 0 fully saturated rings. The van der Waals surface area contributed by atoms with Crippen LogP contribution in [0.1, 0.15) is 42.9 Å². The van der Waals surface area contributed by atoms with E-state index in [1.807, 2.05) is 19.1 Å². The molecule has 0 aliphatic heterocycles. The Bertz CT molecular complexity index is 413. The third-order valence-corrected chi connectivity index (χ3v) is 3.30. The number of carbonyl (C=O) groups excluding carboxylic acids is 1. The fourth-order valence-electron chi connectivity index (χ4n) is 1.88. The molecule has 1 amide bonds. The average Bonchev–Trinajstić information content (AvgIpc) is 2.38. The number of hydrogen-bond donors (Lipinski definition) is 1. The van der Waals surface area contributed by atoms with Gasteiger partial charge >= 0.3 is 0 Å². The normalized spacial score (nSPS) is 10.2. The first-order valence-electron chi connectivity index (χ1n) is 6.49. The van der Waals surface area contributed by atoms with Crippen LogP contribution in [-0.2, 0) is 11.3 Å². The van der Waals surface area contributed by atoms with Gasteiger partial charge in [-0.25, -0.2) is 0 Å². The lowest BCUT2D eigenvalue weighted by Gasteiger charge is -2.13. The molecule has 0 spiro atoms. The highest BCUT2D eigenvalue weighted by Crippen LogP contribution is 2.23. The molecule has 3 heteroatoms. The summed E-state index contributed by atoms with van der Waals surface area (Å²) in [5.74, 6) is 1.03. The monoisotopic (exact) mass is 249 g/mol. The van der Waals surface area contributed by atoms with E-state index < -0.39 is 0 Å². The fourth-order valence-corrected chi connectivity index (χ4v) is 1.88. The fraction of sp³-hybridized carbons (Fsp3) is 0.533. The number of hydrogen-bond acceptors (Lipinski definition) is 2. The molecule has 0 atom stereocenters. The SMILES string of the molecule is CCCCC(=O)NCc1ccc(OC)c(C)c1C. The Balaban J connectivity index is 2.63. The van der Waals surface area contributed by atoms with Gasteiger partial charge in [-0.3, -0.25) is 4.79 Å². The number of methoxy groups -OCH3 is 1. The van der Waals surface area contributed by atoms with Crippen molar-refractivity contribution in [3.63, 3.8) is 0 Å². The Labute approximate surface area is 110 Å². The minimum absolute atomic E-state index is 0.129. The Morgan fingerprint density at radius 1 is 1.28 bits per heavy atom. The van der Waals surface area contributed by atoms with Crippen LogP contribution in [0.25, 0.3) is 0 Å². The molecule has 1 aromatic rings. The molecule has 0 saturated carbocycles. The van der Waals surface area contributed by atoms with Crippen molar-refractivity contribution in [2.75, 3.05) is 7.11 Å². The molecule has 0 aliphatic carbocycles. The summed E-state index contributed by atoms with van der Waals surface area (Å²) in [6.45, 7) is 6.78. The van der Waals surface area contributed by atoms with Crippen LogP contribution in [0.2, 0.25) is 0 Å². The quantitative estimate of drug-likeness (QED) is 0.841. The van der Waals surface area contributed by atoms with Gasteiger partial charge in [0, 0.05) is 13.0 Å². The van der Waals surface area contributed by atoms with E-state index in [2.05, 4.69) is 19.2 Å². The summed E-state index contributed by atoms with van der Waals surface area (Å²) >= 11 is 0. The van der Waals surface area contributed by atoms with E-state index in [1.54, 1.807) is 7.11 Å². The summed E-state index contributed by atoms with van der Waals surface area (Å²) < 4.78 is 5.27. The largest absolute Gasteiger partial charge is 0.496 e. The van der Waals surface area contributed by atoms with Crippen molar-refractivity contribution in [2.24, 2.45) is 0 Å². The van der Waals surface area contributed by atoms with Crippen molar-refractivity contribution in [1.82, 2.24) is 5.32 Å². The molecule has 0 heterocycles. The molecule has 1 N–H and O–H groups in total. The standard InChI is InChI=1S/C15H23NO2/c1-5-6-7-15(17)16-10-13-8-9-14(18-4)12(3)11(13)2/h8-9H,5-7,10H2,1-4H3,(H,16,17). The highest BCUT2D eigenvalue weighted by atomic mass is 16.5. The zero-order valence-corrected chi connectivity index (χ0v) is 11.8. The molecule has 18 heavy (non-hydrogen) atoms. The molecule has 0 aliphatic rings. The van der Waals surface area contributed by atoms with Crippen LogP contribution in [0.3, 0.4) is 0 Å². The number of ether oxygens (including phenoxy) is 1. The first-order valence-corrected chi connectivity index (χ1v) is 6.49. The van der Waals surface area contributed by atoms with Gasteiger partial charge in [0.15, 0.2) is 0 Å². The van der Waals surface area contributed by atoms with Gasteiger partial charge in [-0.1, -0.05) is 19.4 Å². The van der Waals surface area contributed by atoms with E-state index in [1.165, 1.54) is 5.56 Å². The molecular formula is C15H23NO2. The van der Waals surface area contributed by atoms with Crippen molar-refractivity contribution >= 4 is 5.91 Å². The summed E-state index contributed by atoms with van der Waals surface area (Å²) in [6.07, 6.45) is 2.62. The summed E-state index contributed by atoms with van der Waals surface area (Å²) in [5, 5.41) is 2.96.